The van der Waals surface area contributed by atoms with Gasteiger partial charge in [-0.2, -0.15) is 0 Å². The number of nitrogens with one attached hydrogen (secondary N) is 1. The van der Waals surface area contributed by atoms with Gasteiger partial charge in [0.25, 0.3) is 0 Å². The molecule has 2 aliphatic heterocycles. The lowest BCUT2D eigenvalue weighted by atomic mass is 9.87. The minimum atomic E-state index is -0.471. The fourth-order valence-corrected chi connectivity index (χ4v) is 5.10. The van der Waals surface area contributed by atoms with Crippen LogP contribution in [-0.4, -0.2) is 55.3 Å². The van der Waals surface area contributed by atoms with Gasteiger partial charge in [-0.25, -0.2) is 14.0 Å². The van der Waals surface area contributed by atoms with E-state index in [0.29, 0.717) is 49.1 Å². The number of hydrogen-bond donors (Lipinski definition) is 1. The van der Waals surface area contributed by atoms with Gasteiger partial charge in [0.05, 0.1) is 24.8 Å². The van der Waals surface area contributed by atoms with Crippen molar-refractivity contribution in [2.24, 2.45) is 0 Å². The zero-order valence-electron chi connectivity index (χ0n) is 20.6. The van der Waals surface area contributed by atoms with Gasteiger partial charge >= 0.3 is 12.0 Å². The predicted molar refractivity (Wildman–Crippen MR) is 133 cm³/mol. The lowest BCUT2D eigenvalue weighted by molar-refractivity contribution is -0.136. The minimum absolute atomic E-state index is 0.0489. The quantitative estimate of drug-likeness (QED) is 0.418. The Balaban J connectivity index is 1.58. The number of halogens is 1. The van der Waals surface area contributed by atoms with Crippen LogP contribution in [0.1, 0.15) is 45.1 Å². The van der Waals surface area contributed by atoms with Crippen molar-refractivity contribution in [1.29, 1.82) is 0 Å². The first kappa shape index (κ1) is 24.9. The van der Waals surface area contributed by atoms with Crippen LogP contribution in [0, 0.1) is 5.82 Å². The molecule has 2 aliphatic rings. The van der Waals surface area contributed by atoms with E-state index in [-0.39, 0.29) is 30.0 Å². The van der Waals surface area contributed by atoms with Crippen LogP contribution in [-0.2, 0) is 14.3 Å². The van der Waals surface area contributed by atoms with Crippen LogP contribution in [0.25, 0.3) is 16.7 Å². The molecular weight excluding hydrogens is 447 g/mol. The fourth-order valence-electron chi connectivity index (χ4n) is 5.10. The Morgan fingerprint density at radius 1 is 1.11 bits per heavy atom. The number of methoxy groups -OCH3 is 1. The summed E-state index contributed by atoms with van der Waals surface area (Å²) < 4.78 is 25.8. The maximum atomic E-state index is 15.1. The number of nitrogens with zero attached hydrogens (tertiary/aromatic N) is 1. The van der Waals surface area contributed by atoms with Crippen molar-refractivity contribution in [2.75, 3.05) is 20.3 Å². The van der Waals surface area contributed by atoms with E-state index >= 15 is 4.39 Å². The highest BCUT2D eigenvalue weighted by Crippen LogP contribution is 2.44. The molecule has 0 saturated carbocycles. The smallest absolute Gasteiger partial charge is 0.336 e. The molecule has 35 heavy (non-hydrogen) atoms. The van der Waals surface area contributed by atoms with Gasteiger partial charge in [-0.05, 0) is 62.3 Å². The Bertz CT molecular complexity index is 1100. The van der Waals surface area contributed by atoms with E-state index in [0.717, 1.165) is 17.6 Å². The summed E-state index contributed by atoms with van der Waals surface area (Å²) in [5.74, 6) is -0.817. The number of benzene rings is 2. The lowest BCUT2D eigenvalue weighted by Gasteiger charge is -2.37. The molecule has 0 aliphatic carbocycles. The standard InChI is InChI=1S/C28H33FN2O4/c1-18(2)35-15-7-14-30-28(33)31-21-11-13-25(31)26(27(32)34-3)23(17-21)20-10-12-22(24(29)16-20)19-8-5-4-6-9-19/h4-6,8-10,12,16,18,21,25H,7,11,13-15,17H2,1-3H3,(H,30,33)/t21-,25+/m0/s1. The van der Waals surface area contributed by atoms with E-state index < -0.39 is 5.97 Å². The molecule has 1 fully saturated rings. The second-order valence-electron chi connectivity index (χ2n) is 9.31. The molecule has 186 valence electrons. The second-order valence-corrected chi connectivity index (χ2v) is 9.31. The van der Waals surface area contributed by atoms with Gasteiger partial charge in [0, 0.05) is 24.8 Å². The number of carbonyl (C=O) groups excluding carboxylic acids is 2. The van der Waals surface area contributed by atoms with Crippen molar-refractivity contribution < 1.29 is 23.5 Å². The molecule has 2 atom stereocenters. The first-order chi connectivity index (χ1) is 16.9. The highest BCUT2D eigenvalue weighted by atomic mass is 19.1. The lowest BCUT2D eigenvalue weighted by Crippen LogP contribution is -2.51. The first-order valence-corrected chi connectivity index (χ1v) is 12.2. The zero-order chi connectivity index (χ0) is 24.9. The van der Waals surface area contributed by atoms with Crippen LogP contribution in [0.3, 0.4) is 0 Å². The number of amides is 2. The Morgan fingerprint density at radius 3 is 2.57 bits per heavy atom. The average molecular weight is 481 g/mol. The van der Waals surface area contributed by atoms with Crippen molar-refractivity contribution in [1.82, 2.24) is 10.2 Å². The summed E-state index contributed by atoms with van der Waals surface area (Å²) in [5.41, 5.74) is 3.17. The summed E-state index contributed by atoms with van der Waals surface area (Å²) in [4.78, 5) is 27.7. The number of ether oxygens (including phenoxy) is 2. The molecule has 0 aromatic heterocycles. The highest BCUT2D eigenvalue weighted by Gasteiger charge is 2.46. The summed E-state index contributed by atoms with van der Waals surface area (Å²) in [7, 11) is 1.34. The molecule has 1 saturated heterocycles. The number of hydrogen-bond acceptors (Lipinski definition) is 4. The van der Waals surface area contributed by atoms with Crippen molar-refractivity contribution in [3.8, 4) is 11.1 Å². The van der Waals surface area contributed by atoms with Crippen LogP contribution >= 0.6 is 0 Å². The molecule has 6 nitrogen and oxygen atoms in total. The van der Waals surface area contributed by atoms with Crippen molar-refractivity contribution in [3.05, 3.63) is 65.5 Å². The number of fused-ring (bicyclic) bond motifs is 2. The number of urea groups is 1. The summed E-state index contributed by atoms with van der Waals surface area (Å²) >= 11 is 0. The SMILES string of the molecule is COC(=O)C1=C(c2ccc(-c3ccccc3)c(F)c2)C[C@@H]2CC[C@H]1N2C(=O)NCCCOC(C)C. The highest BCUT2D eigenvalue weighted by molar-refractivity contribution is 6.01. The topological polar surface area (TPSA) is 67.9 Å². The fraction of sp³-hybridized carbons (Fsp3) is 0.429. The zero-order valence-corrected chi connectivity index (χ0v) is 20.6. The molecule has 2 heterocycles. The normalized spacial score (nSPS) is 19.3. The molecule has 0 unspecified atom stereocenters. The maximum Gasteiger partial charge on any atom is 0.336 e. The Kier molecular flexibility index (Phi) is 7.86. The van der Waals surface area contributed by atoms with Gasteiger partial charge in [0.2, 0.25) is 0 Å². The van der Waals surface area contributed by atoms with Crippen molar-refractivity contribution in [3.63, 3.8) is 0 Å². The largest absolute Gasteiger partial charge is 0.466 e. The van der Waals surface area contributed by atoms with Crippen LogP contribution in [0.4, 0.5) is 9.18 Å². The second kappa shape index (κ2) is 11.0. The first-order valence-electron chi connectivity index (χ1n) is 12.2. The van der Waals surface area contributed by atoms with E-state index in [2.05, 4.69) is 5.32 Å². The third kappa shape index (κ3) is 5.40. The number of rotatable bonds is 8. The third-order valence-corrected chi connectivity index (χ3v) is 6.69. The van der Waals surface area contributed by atoms with Gasteiger partial charge in [-0.1, -0.05) is 42.5 Å². The van der Waals surface area contributed by atoms with Gasteiger partial charge < -0.3 is 19.7 Å². The molecule has 2 bridgehead atoms. The summed E-state index contributed by atoms with van der Waals surface area (Å²) in [6, 6.07) is 13.8. The monoisotopic (exact) mass is 480 g/mol. The van der Waals surface area contributed by atoms with Crippen LogP contribution in [0.2, 0.25) is 0 Å². The number of carbonyl (C=O) groups is 2. The molecular formula is C28H33FN2O4. The predicted octanol–water partition coefficient (Wildman–Crippen LogP) is 5.18. The molecule has 1 N–H and O–H groups in total. The van der Waals surface area contributed by atoms with Gasteiger partial charge in [0.1, 0.15) is 5.82 Å². The Labute approximate surface area is 206 Å². The molecule has 2 amide bonds. The van der Waals surface area contributed by atoms with Crippen LogP contribution in [0.15, 0.2) is 54.1 Å². The molecule has 0 spiro atoms. The van der Waals surface area contributed by atoms with Crippen LogP contribution < -0.4 is 5.32 Å². The number of esters is 1. The van der Waals surface area contributed by atoms with Gasteiger partial charge in [-0.3, -0.25) is 0 Å². The summed E-state index contributed by atoms with van der Waals surface area (Å²) in [6.07, 6.45) is 2.80. The third-order valence-electron chi connectivity index (χ3n) is 6.69. The Hall–Kier alpha value is -3.19. The van der Waals surface area contributed by atoms with Gasteiger partial charge in [-0.15, -0.1) is 0 Å². The molecule has 7 heteroatoms. The maximum absolute atomic E-state index is 15.1. The Morgan fingerprint density at radius 2 is 1.89 bits per heavy atom. The van der Waals surface area contributed by atoms with Crippen molar-refractivity contribution >= 4 is 17.6 Å². The molecule has 2 aromatic rings. The molecule has 0 radical (unpaired) electrons. The average Bonchev–Trinajstić information content (AvgIpc) is 3.16. The van der Waals surface area contributed by atoms with Crippen LogP contribution in [0.5, 0.6) is 0 Å². The minimum Gasteiger partial charge on any atom is -0.466 e. The summed E-state index contributed by atoms with van der Waals surface area (Å²) in [6.45, 7) is 5.03. The van der Waals surface area contributed by atoms with E-state index in [1.165, 1.54) is 13.2 Å². The molecule has 4 rings (SSSR count). The van der Waals surface area contributed by atoms with E-state index in [9.17, 15) is 9.59 Å². The van der Waals surface area contributed by atoms with E-state index in [1.54, 1.807) is 11.0 Å². The summed E-state index contributed by atoms with van der Waals surface area (Å²) in [5, 5.41) is 2.97. The van der Waals surface area contributed by atoms with E-state index in [1.807, 2.05) is 50.2 Å². The van der Waals surface area contributed by atoms with Gasteiger partial charge in [0.15, 0.2) is 0 Å². The van der Waals surface area contributed by atoms with E-state index in [4.69, 9.17) is 9.47 Å². The molecule has 2 aromatic carbocycles. The van der Waals surface area contributed by atoms with Crippen molar-refractivity contribution in [2.45, 2.75) is 57.7 Å².